The molecule has 1 aromatic rings. The Balaban J connectivity index is 2.80. The van der Waals surface area contributed by atoms with Crippen molar-refractivity contribution in [2.45, 2.75) is 19.4 Å². The SMILES string of the molecule is CCOC(=O)CC(O)c1c(F)cccc1F. The highest BCUT2D eigenvalue weighted by molar-refractivity contribution is 5.70. The number of carbonyl (C=O) groups is 1. The van der Waals surface area contributed by atoms with Crippen molar-refractivity contribution in [1.29, 1.82) is 0 Å². The molecule has 0 bridgehead atoms. The van der Waals surface area contributed by atoms with Crippen molar-refractivity contribution in [2.75, 3.05) is 6.61 Å². The van der Waals surface area contributed by atoms with Crippen molar-refractivity contribution in [2.24, 2.45) is 0 Å². The second-order valence-corrected chi connectivity index (χ2v) is 3.16. The first kappa shape index (κ1) is 12.6. The molecule has 0 saturated heterocycles. The van der Waals surface area contributed by atoms with Gasteiger partial charge < -0.3 is 9.84 Å². The Hall–Kier alpha value is -1.49. The van der Waals surface area contributed by atoms with Crippen molar-refractivity contribution < 1.29 is 23.4 Å². The molecule has 1 unspecified atom stereocenters. The van der Waals surface area contributed by atoms with Crippen LogP contribution in [0.15, 0.2) is 18.2 Å². The van der Waals surface area contributed by atoms with Gasteiger partial charge in [-0.05, 0) is 19.1 Å². The van der Waals surface area contributed by atoms with Crippen LogP contribution in [0.5, 0.6) is 0 Å². The van der Waals surface area contributed by atoms with Crippen LogP contribution in [-0.4, -0.2) is 17.7 Å². The first-order valence-corrected chi connectivity index (χ1v) is 4.83. The van der Waals surface area contributed by atoms with E-state index in [4.69, 9.17) is 0 Å². The van der Waals surface area contributed by atoms with Gasteiger partial charge >= 0.3 is 5.97 Å². The lowest BCUT2D eigenvalue weighted by atomic mass is 10.1. The molecular weight excluding hydrogens is 218 g/mol. The van der Waals surface area contributed by atoms with E-state index in [0.29, 0.717) is 0 Å². The normalized spacial score (nSPS) is 12.2. The zero-order chi connectivity index (χ0) is 12.1. The Morgan fingerprint density at radius 2 is 2.00 bits per heavy atom. The van der Waals surface area contributed by atoms with Crippen LogP contribution >= 0.6 is 0 Å². The van der Waals surface area contributed by atoms with Gasteiger partial charge in [-0.25, -0.2) is 8.78 Å². The summed E-state index contributed by atoms with van der Waals surface area (Å²) in [4.78, 5) is 11.0. The standard InChI is InChI=1S/C11H12F2O3/c1-2-16-10(15)6-9(14)11-7(12)4-3-5-8(11)13/h3-5,9,14H,2,6H2,1H3. The van der Waals surface area contributed by atoms with Gasteiger partial charge in [-0.1, -0.05) is 6.07 Å². The second kappa shape index (κ2) is 5.55. The molecule has 88 valence electrons. The molecule has 5 heteroatoms. The topological polar surface area (TPSA) is 46.5 Å². The summed E-state index contributed by atoms with van der Waals surface area (Å²) in [5, 5.41) is 9.50. The van der Waals surface area contributed by atoms with Gasteiger partial charge in [-0.2, -0.15) is 0 Å². The highest BCUT2D eigenvalue weighted by atomic mass is 19.1. The van der Waals surface area contributed by atoms with Gasteiger partial charge in [-0.15, -0.1) is 0 Å². The molecule has 1 aromatic carbocycles. The van der Waals surface area contributed by atoms with Crippen molar-refractivity contribution in [3.63, 3.8) is 0 Å². The molecule has 3 nitrogen and oxygen atoms in total. The molecule has 1 N–H and O–H groups in total. The quantitative estimate of drug-likeness (QED) is 0.804. The average molecular weight is 230 g/mol. The number of aliphatic hydroxyl groups excluding tert-OH is 1. The molecule has 0 heterocycles. The van der Waals surface area contributed by atoms with E-state index in [1.807, 2.05) is 0 Å². The van der Waals surface area contributed by atoms with Crippen LogP contribution in [0.1, 0.15) is 25.0 Å². The molecule has 0 amide bonds. The lowest BCUT2D eigenvalue weighted by Gasteiger charge is -2.11. The van der Waals surface area contributed by atoms with Crippen LogP contribution in [0.25, 0.3) is 0 Å². The molecule has 1 rings (SSSR count). The molecule has 0 saturated carbocycles. The van der Waals surface area contributed by atoms with Crippen molar-refractivity contribution in [3.05, 3.63) is 35.4 Å². The first-order chi connectivity index (χ1) is 7.56. The Morgan fingerprint density at radius 3 is 2.50 bits per heavy atom. The lowest BCUT2D eigenvalue weighted by Crippen LogP contribution is -2.12. The maximum absolute atomic E-state index is 13.2. The van der Waals surface area contributed by atoms with Gasteiger partial charge in [0.1, 0.15) is 11.6 Å². The third kappa shape index (κ3) is 3.00. The average Bonchev–Trinajstić information content (AvgIpc) is 2.17. The summed E-state index contributed by atoms with van der Waals surface area (Å²) in [7, 11) is 0. The Kier molecular flexibility index (Phi) is 4.37. The highest BCUT2D eigenvalue weighted by Crippen LogP contribution is 2.23. The van der Waals surface area contributed by atoms with Crippen LogP contribution < -0.4 is 0 Å². The molecule has 0 fully saturated rings. The molecule has 0 spiro atoms. The predicted molar refractivity (Wildman–Crippen MR) is 52.6 cm³/mol. The van der Waals surface area contributed by atoms with Gasteiger partial charge in [-0.3, -0.25) is 4.79 Å². The number of carbonyl (C=O) groups excluding carboxylic acids is 1. The highest BCUT2D eigenvalue weighted by Gasteiger charge is 2.20. The monoisotopic (exact) mass is 230 g/mol. The van der Waals surface area contributed by atoms with Gasteiger partial charge in [0.05, 0.1) is 24.7 Å². The van der Waals surface area contributed by atoms with Gasteiger partial charge in [0.15, 0.2) is 0 Å². The van der Waals surface area contributed by atoms with Crippen molar-refractivity contribution >= 4 is 5.97 Å². The number of halogens is 2. The summed E-state index contributed by atoms with van der Waals surface area (Å²) < 4.78 is 30.9. The van der Waals surface area contributed by atoms with Crippen molar-refractivity contribution in [1.82, 2.24) is 0 Å². The van der Waals surface area contributed by atoms with E-state index < -0.39 is 35.7 Å². The minimum Gasteiger partial charge on any atom is -0.466 e. The molecule has 0 aliphatic heterocycles. The summed E-state index contributed by atoms with van der Waals surface area (Å²) >= 11 is 0. The fourth-order valence-electron chi connectivity index (χ4n) is 1.31. The number of ether oxygens (including phenoxy) is 1. The number of aliphatic hydroxyl groups is 1. The summed E-state index contributed by atoms with van der Waals surface area (Å²) in [6, 6.07) is 3.23. The predicted octanol–water partition coefficient (Wildman–Crippen LogP) is 1.95. The molecule has 1 atom stereocenters. The van der Waals surface area contributed by atoms with E-state index in [-0.39, 0.29) is 6.61 Å². The first-order valence-electron chi connectivity index (χ1n) is 4.83. The fourth-order valence-corrected chi connectivity index (χ4v) is 1.31. The number of hydrogen-bond acceptors (Lipinski definition) is 3. The minimum absolute atomic E-state index is 0.158. The minimum atomic E-state index is -1.53. The summed E-state index contributed by atoms with van der Waals surface area (Å²) in [6.07, 6.45) is -1.99. The smallest absolute Gasteiger partial charge is 0.308 e. The third-order valence-corrected chi connectivity index (χ3v) is 2.00. The second-order valence-electron chi connectivity index (χ2n) is 3.16. The van der Waals surface area contributed by atoms with Crippen LogP contribution in [0, 0.1) is 11.6 Å². The summed E-state index contributed by atoms with van der Waals surface area (Å²) in [5.74, 6) is -2.45. The molecule has 16 heavy (non-hydrogen) atoms. The maximum atomic E-state index is 13.2. The Bertz CT molecular complexity index is 359. The van der Waals surface area contributed by atoms with Crippen LogP contribution in [0.4, 0.5) is 8.78 Å². The number of esters is 1. The maximum Gasteiger partial charge on any atom is 0.308 e. The molecule has 0 aliphatic carbocycles. The van der Waals surface area contributed by atoms with E-state index >= 15 is 0 Å². The van der Waals surface area contributed by atoms with Crippen LogP contribution in [-0.2, 0) is 9.53 Å². The molecular formula is C11H12F2O3. The summed E-state index contributed by atoms with van der Waals surface area (Å²) in [5.41, 5.74) is -0.504. The molecule has 0 radical (unpaired) electrons. The van der Waals surface area contributed by atoms with Crippen LogP contribution in [0.3, 0.4) is 0 Å². The number of hydrogen-bond donors (Lipinski definition) is 1. The fraction of sp³-hybridized carbons (Fsp3) is 0.364. The zero-order valence-electron chi connectivity index (χ0n) is 8.74. The van der Waals surface area contributed by atoms with Gasteiger partial charge in [0, 0.05) is 0 Å². The molecule has 0 aromatic heterocycles. The Labute approximate surface area is 91.7 Å². The van der Waals surface area contributed by atoms with Gasteiger partial charge in [0.2, 0.25) is 0 Å². The third-order valence-electron chi connectivity index (χ3n) is 2.00. The van der Waals surface area contributed by atoms with E-state index in [2.05, 4.69) is 4.74 Å². The molecule has 0 aliphatic rings. The van der Waals surface area contributed by atoms with Gasteiger partial charge in [0.25, 0.3) is 0 Å². The Morgan fingerprint density at radius 1 is 1.44 bits per heavy atom. The number of benzene rings is 1. The van der Waals surface area contributed by atoms with Crippen LogP contribution in [0.2, 0.25) is 0 Å². The van der Waals surface area contributed by atoms with E-state index in [1.54, 1.807) is 6.92 Å². The van der Waals surface area contributed by atoms with E-state index in [0.717, 1.165) is 12.1 Å². The van der Waals surface area contributed by atoms with E-state index in [9.17, 15) is 18.7 Å². The summed E-state index contributed by atoms with van der Waals surface area (Å²) in [6.45, 7) is 1.76. The van der Waals surface area contributed by atoms with Crippen molar-refractivity contribution in [3.8, 4) is 0 Å². The zero-order valence-corrected chi connectivity index (χ0v) is 8.74. The number of rotatable bonds is 4. The largest absolute Gasteiger partial charge is 0.466 e. The van der Waals surface area contributed by atoms with E-state index in [1.165, 1.54) is 6.07 Å². The lowest BCUT2D eigenvalue weighted by molar-refractivity contribution is -0.145.